The molecule has 0 aromatic heterocycles. The molecule has 0 spiro atoms. The van der Waals surface area contributed by atoms with Gasteiger partial charge in [-0.15, -0.1) is 0 Å². The van der Waals surface area contributed by atoms with E-state index in [1.807, 2.05) is 0 Å². The Bertz CT molecular complexity index is 181. The molecule has 1 saturated carbocycles. The van der Waals surface area contributed by atoms with Crippen LogP contribution in [0.4, 0.5) is 0 Å². The Morgan fingerprint density at radius 1 is 1.58 bits per heavy atom. The molecule has 1 rings (SSSR count). The molecule has 0 unspecified atom stereocenters. The molecule has 0 aromatic rings. The molecular weight excluding hydrogens is 158 g/mol. The molecule has 4 nitrogen and oxygen atoms in total. The summed E-state index contributed by atoms with van der Waals surface area (Å²) in [5, 5.41) is 21.1. The van der Waals surface area contributed by atoms with Gasteiger partial charge in [0.25, 0.3) is 0 Å². The zero-order chi connectivity index (χ0) is 9.35. The van der Waals surface area contributed by atoms with E-state index >= 15 is 0 Å². The molecule has 1 atom stereocenters. The van der Waals surface area contributed by atoms with Gasteiger partial charge in [-0.25, -0.2) is 0 Å². The van der Waals surface area contributed by atoms with Crippen molar-refractivity contribution in [2.75, 3.05) is 0 Å². The SMILES string of the molecule is CC(C)(O)[C@@H](NC1CC1)C(=O)O. The molecular formula is C8H15NO3. The van der Waals surface area contributed by atoms with E-state index in [-0.39, 0.29) is 6.04 Å². The maximum Gasteiger partial charge on any atom is 0.323 e. The van der Waals surface area contributed by atoms with Crippen molar-refractivity contribution in [2.45, 2.75) is 44.4 Å². The molecule has 12 heavy (non-hydrogen) atoms. The molecule has 1 aliphatic carbocycles. The fourth-order valence-electron chi connectivity index (χ4n) is 1.06. The second kappa shape index (κ2) is 3.03. The summed E-state index contributed by atoms with van der Waals surface area (Å²) in [6.45, 7) is 3.00. The van der Waals surface area contributed by atoms with E-state index in [9.17, 15) is 9.90 Å². The standard InChI is InChI=1S/C8H15NO3/c1-8(2,12)6(7(10)11)9-5-3-4-5/h5-6,9,12H,3-4H2,1-2H3,(H,10,11)/t6-/m0/s1. The maximum absolute atomic E-state index is 10.7. The molecule has 0 radical (unpaired) electrons. The van der Waals surface area contributed by atoms with Crippen LogP contribution in [-0.4, -0.2) is 33.9 Å². The molecule has 0 aromatic carbocycles. The van der Waals surface area contributed by atoms with E-state index in [4.69, 9.17) is 5.11 Å². The normalized spacial score (nSPS) is 20.6. The number of nitrogens with one attached hydrogen (secondary N) is 1. The van der Waals surface area contributed by atoms with Crippen LogP contribution >= 0.6 is 0 Å². The second-order valence-corrected chi connectivity index (χ2v) is 3.87. The van der Waals surface area contributed by atoms with Gasteiger partial charge in [0, 0.05) is 6.04 Å². The Hall–Kier alpha value is -0.610. The number of hydrogen-bond acceptors (Lipinski definition) is 3. The summed E-state index contributed by atoms with van der Waals surface area (Å²) in [5.41, 5.74) is -1.20. The van der Waals surface area contributed by atoms with Crippen LogP contribution in [0.25, 0.3) is 0 Å². The molecule has 0 bridgehead atoms. The van der Waals surface area contributed by atoms with Gasteiger partial charge in [-0.05, 0) is 26.7 Å². The molecule has 70 valence electrons. The number of carboxylic acids is 1. The highest BCUT2D eigenvalue weighted by atomic mass is 16.4. The highest BCUT2D eigenvalue weighted by Gasteiger charge is 2.37. The van der Waals surface area contributed by atoms with Gasteiger partial charge >= 0.3 is 5.97 Å². The predicted molar refractivity (Wildman–Crippen MR) is 43.9 cm³/mol. The van der Waals surface area contributed by atoms with E-state index in [1.165, 1.54) is 13.8 Å². The highest BCUT2D eigenvalue weighted by Crippen LogP contribution is 2.22. The van der Waals surface area contributed by atoms with Gasteiger partial charge < -0.3 is 10.2 Å². The molecule has 0 saturated heterocycles. The number of aliphatic hydroxyl groups is 1. The van der Waals surface area contributed by atoms with Gasteiger partial charge in [-0.3, -0.25) is 10.1 Å². The van der Waals surface area contributed by atoms with Crippen molar-refractivity contribution in [3.8, 4) is 0 Å². The second-order valence-electron chi connectivity index (χ2n) is 3.87. The number of hydrogen-bond donors (Lipinski definition) is 3. The lowest BCUT2D eigenvalue weighted by Crippen LogP contribution is -2.52. The van der Waals surface area contributed by atoms with E-state index in [0.29, 0.717) is 0 Å². The van der Waals surface area contributed by atoms with Crippen molar-refractivity contribution >= 4 is 5.97 Å². The summed E-state index contributed by atoms with van der Waals surface area (Å²) in [6.07, 6.45) is 2.03. The number of carbonyl (C=O) groups is 1. The van der Waals surface area contributed by atoms with E-state index in [1.54, 1.807) is 0 Å². The zero-order valence-corrected chi connectivity index (χ0v) is 7.37. The monoisotopic (exact) mass is 173 g/mol. The van der Waals surface area contributed by atoms with Crippen molar-refractivity contribution in [3.63, 3.8) is 0 Å². The number of aliphatic carboxylic acids is 1. The summed E-state index contributed by atoms with van der Waals surface area (Å²) >= 11 is 0. The Kier molecular flexibility index (Phi) is 2.39. The van der Waals surface area contributed by atoms with Crippen LogP contribution in [0.1, 0.15) is 26.7 Å². The lowest BCUT2D eigenvalue weighted by molar-refractivity contribution is -0.145. The van der Waals surface area contributed by atoms with Crippen LogP contribution in [-0.2, 0) is 4.79 Å². The van der Waals surface area contributed by atoms with Gasteiger partial charge in [0.2, 0.25) is 0 Å². The first-order valence-corrected chi connectivity index (χ1v) is 4.12. The van der Waals surface area contributed by atoms with Gasteiger partial charge in [0.1, 0.15) is 6.04 Å². The Labute approximate surface area is 71.6 Å². The quantitative estimate of drug-likeness (QED) is 0.558. The molecule has 1 fully saturated rings. The summed E-state index contributed by atoms with van der Waals surface area (Å²) in [6, 6.07) is -0.567. The van der Waals surface area contributed by atoms with Crippen molar-refractivity contribution < 1.29 is 15.0 Å². The van der Waals surface area contributed by atoms with Crippen LogP contribution in [0.2, 0.25) is 0 Å². The minimum atomic E-state index is -1.20. The summed E-state index contributed by atoms with van der Waals surface area (Å²) < 4.78 is 0. The molecule has 0 aliphatic heterocycles. The van der Waals surface area contributed by atoms with Crippen LogP contribution in [0.15, 0.2) is 0 Å². The van der Waals surface area contributed by atoms with E-state index in [0.717, 1.165) is 12.8 Å². The fraction of sp³-hybridized carbons (Fsp3) is 0.875. The van der Waals surface area contributed by atoms with Crippen LogP contribution < -0.4 is 5.32 Å². The first-order valence-electron chi connectivity index (χ1n) is 4.12. The van der Waals surface area contributed by atoms with Gasteiger partial charge in [-0.2, -0.15) is 0 Å². The maximum atomic E-state index is 10.7. The largest absolute Gasteiger partial charge is 0.480 e. The number of carboxylic acid groups (broad SMARTS) is 1. The van der Waals surface area contributed by atoms with Crippen molar-refractivity contribution in [1.82, 2.24) is 5.32 Å². The van der Waals surface area contributed by atoms with Crippen molar-refractivity contribution in [3.05, 3.63) is 0 Å². The average Bonchev–Trinajstić information content (AvgIpc) is 2.61. The van der Waals surface area contributed by atoms with Crippen LogP contribution in [0, 0.1) is 0 Å². The van der Waals surface area contributed by atoms with Crippen molar-refractivity contribution in [2.24, 2.45) is 0 Å². The minimum absolute atomic E-state index is 0.289. The smallest absolute Gasteiger partial charge is 0.323 e. The lowest BCUT2D eigenvalue weighted by Gasteiger charge is -2.26. The topological polar surface area (TPSA) is 69.6 Å². The Morgan fingerprint density at radius 2 is 2.08 bits per heavy atom. The zero-order valence-electron chi connectivity index (χ0n) is 7.37. The van der Waals surface area contributed by atoms with Crippen molar-refractivity contribution in [1.29, 1.82) is 0 Å². The van der Waals surface area contributed by atoms with Gasteiger partial charge in [0.05, 0.1) is 5.60 Å². The average molecular weight is 173 g/mol. The van der Waals surface area contributed by atoms with E-state index < -0.39 is 17.6 Å². The molecule has 4 heteroatoms. The molecule has 3 N–H and O–H groups in total. The minimum Gasteiger partial charge on any atom is -0.480 e. The third-order valence-electron chi connectivity index (χ3n) is 1.93. The Balaban J connectivity index is 2.53. The molecule has 1 aliphatic rings. The third kappa shape index (κ3) is 2.46. The fourth-order valence-corrected chi connectivity index (χ4v) is 1.06. The first-order chi connectivity index (χ1) is 5.41. The van der Waals surface area contributed by atoms with Crippen LogP contribution in [0.5, 0.6) is 0 Å². The van der Waals surface area contributed by atoms with Gasteiger partial charge in [0.15, 0.2) is 0 Å². The van der Waals surface area contributed by atoms with E-state index in [2.05, 4.69) is 5.32 Å². The highest BCUT2D eigenvalue weighted by molar-refractivity contribution is 5.75. The molecule has 0 amide bonds. The molecule has 0 heterocycles. The predicted octanol–water partition coefficient (Wildman–Crippen LogP) is -0.0375. The summed E-state index contributed by atoms with van der Waals surface area (Å²) in [7, 11) is 0. The first kappa shape index (κ1) is 9.48. The Morgan fingerprint density at radius 3 is 2.33 bits per heavy atom. The number of rotatable bonds is 4. The summed E-state index contributed by atoms with van der Waals surface area (Å²) in [4.78, 5) is 10.7. The lowest BCUT2D eigenvalue weighted by atomic mass is 9.99. The third-order valence-corrected chi connectivity index (χ3v) is 1.93. The summed E-state index contributed by atoms with van der Waals surface area (Å²) in [5.74, 6) is -0.991. The van der Waals surface area contributed by atoms with Gasteiger partial charge in [-0.1, -0.05) is 0 Å². The van der Waals surface area contributed by atoms with Crippen LogP contribution in [0.3, 0.4) is 0 Å².